The van der Waals surface area contributed by atoms with Gasteiger partial charge in [0.05, 0.1) is 4.88 Å². The molecule has 0 radical (unpaired) electrons. The molecule has 1 aromatic carbocycles. The number of allylic oxidation sites excluding steroid dienone is 1. The van der Waals surface area contributed by atoms with Crippen molar-refractivity contribution in [2.75, 3.05) is 0 Å². The van der Waals surface area contributed by atoms with Crippen molar-refractivity contribution in [1.29, 1.82) is 5.26 Å². The minimum atomic E-state index is -0.239. The minimum Gasteiger partial charge on any atom is -0.489 e. The maximum atomic E-state index is 12.5. The molecule has 0 atom stereocenters. The highest BCUT2D eigenvalue weighted by atomic mass is 32.1. The van der Waals surface area contributed by atoms with Crippen LogP contribution in [0.15, 0.2) is 65.8 Å². The Balaban J connectivity index is 1.71. The number of hydrogen-bond acceptors (Lipinski definition) is 5. The van der Waals surface area contributed by atoms with E-state index in [1.165, 1.54) is 11.3 Å². The van der Waals surface area contributed by atoms with Crippen molar-refractivity contribution >= 4 is 23.2 Å². The molecule has 0 amide bonds. The van der Waals surface area contributed by atoms with E-state index in [9.17, 15) is 10.1 Å². The summed E-state index contributed by atoms with van der Waals surface area (Å²) in [5.74, 6) is 0.474. The van der Waals surface area contributed by atoms with Gasteiger partial charge in [0.25, 0.3) is 0 Å². The number of carbonyl (C=O) groups excluding carboxylic acids is 1. The lowest BCUT2D eigenvalue weighted by Gasteiger charge is -2.06. The summed E-state index contributed by atoms with van der Waals surface area (Å²) >= 11 is 1.35. The van der Waals surface area contributed by atoms with Crippen molar-refractivity contribution in [3.8, 4) is 11.8 Å². The Bertz CT molecular complexity index is 967. The number of thiophene rings is 1. The number of nitriles is 1. The molecule has 0 saturated carbocycles. The van der Waals surface area contributed by atoms with Gasteiger partial charge in [0.15, 0.2) is 0 Å². The Kier molecular flexibility index (Phi) is 5.57. The Morgan fingerprint density at radius 2 is 2.08 bits per heavy atom. The molecular weight excluding hydrogens is 344 g/mol. The van der Waals surface area contributed by atoms with E-state index in [2.05, 4.69) is 4.98 Å². The quantitative estimate of drug-likeness (QED) is 0.359. The van der Waals surface area contributed by atoms with E-state index < -0.39 is 0 Å². The molecule has 0 N–H and O–H groups in total. The number of hydrogen-bond donors (Lipinski definition) is 0. The predicted octanol–water partition coefficient (Wildman–Crippen LogP) is 4.82. The SMILES string of the molecule is Cc1ccsc1C(=O)C(C#N)=Cc1ccc(OCc2cccnc2)cc1. The van der Waals surface area contributed by atoms with Gasteiger partial charge in [0, 0.05) is 18.0 Å². The zero-order valence-electron chi connectivity index (χ0n) is 14.2. The Morgan fingerprint density at radius 1 is 1.27 bits per heavy atom. The van der Waals surface area contributed by atoms with Gasteiger partial charge in [-0.05, 0) is 53.8 Å². The van der Waals surface area contributed by atoms with Crippen LogP contribution >= 0.6 is 11.3 Å². The van der Waals surface area contributed by atoms with Gasteiger partial charge < -0.3 is 4.74 Å². The number of aromatic nitrogens is 1. The number of pyridine rings is 1. The van der Waals surface area contributed by atoms with Crippen LogP contribution in [0.4, 0.5) is 0 Å². The number of ketones is 1. The summed E-state index contributed by atoms with van der Waals surface area (Å²) < 4.78 is 5.71. The molecule has 5 heteroatoms. The number of benzene rings is 1. The van der Waals surface area contributed by atoms with E-state index in [4.69, 9.17) is 4.74 Å². The molecule has 0 spiro atoms. The van der Waals surface area contributed by atoms with Crippen molar-refractivity contribution in [3.63, 3.8) is 0 Å². The molecule has 0 aliphatic carbocycles. The molecule has 0 bridgehead atoms. The summed E-state index contributed by atoms with van der Waals surface area (Å²) in [5.41, 5.74) is 2.78. The normalized spacial score (nSPS) is 11.0. The van der Waals surface area contributed by atoms with Gasteiger partial charge in [-0.2, -0.15) is 5.26 Å². The van der Waals surface area contributed by atoms with Gasteiger partial charge in [-0.3, -0.25) is 9.78 Å². The van der Waals surface area contributed by atoms with Gasteiger partial charge in [0.1, 0.15) is 24.0 Å². The second-order valence-electron chi connectivity index (χ2n) is 5.65. The lowest BCUT2D eigenvalue weighted by Crippen LogP contribution is -2.01. The van der Waals surface area contributed by atoms with Gasteiger partial charge in [-0.1, -0.05) is 18.2 Å². The van der Waals surface area contributed by atoms with Crippen molar-refractivity contribution in [2.24, 2.45) is 0 Å². The van der Waals surface area contributed by atoms with Crippen molar-refractivity contribution in [2.45, 2.75) is 13.5 Å². The number of Topliss-reactive ketones (excluding diaryl/α,β-unsaturated/α-hetero) is 1. The number of aryl methyl sites for hydroxylation is 1. The molecule has 0 aliphatic heterocycles. The first-order valence-electron chi connectivity index (χ1n) is 8.00. The number of rotatable bonds is 6. The highest BCUT2D eigenvalue weighted by molar-refractivity contribution is 7.12. The Labute approximate surface area is 156 Å². The number of nitrogens with zero attached hydrogens (tertiary/aromatic N) is 2. The third-order valence-electron chi connectivity index (χ3n) is 3.75. The minimum absolute atomic E-state index is 0.125. The molecule has 2 heterocycles. The average molecular weight is 360 g/mol. The maximum absolute atomic E-state index is 12.5. The first-order chi connectivity index (χ1) is 12.7. The van der Waals surface area contributed by atoms with E-state index in [-0.39, 0.29) is 11.4 Å². The van der Waals surface area contributed by atoms with Gasteiger partial charge in [-0.25, -0.2) is 0 Å². The molecule has 3 aromatic rings. The largest absolute Gasteiger partial charge is 0.489 e. The fourth-order valence-electron chi connectivity index (χ4n) is 2.35. The molecule has 0 aliphatic rings. The van der Waals surface area contributed by atoms with Crippen molar-refractivity contribution in [1.82, 2.24) is 4.98 Å². The van der Waals surface area contributed by atoms with E-state index in [1.54, 1.807) is 18.5 Å². The smallest absolute Gasteiger partial charge is 0.213 e. The van der Waals surface area contributed by atoms with Crippen LogP contribution < -0.4 is 4.74 Å². The van der Waals surface area contributed by atoms with E-state index >= 15 is 0 Å². The lowest BCUT2D eigenvalue weighted by atomic mass is 10.1. The first-order valence-corrected chi connectivity index (χ1v) is 8.87. The average Bonchev–Trinajstić information content (AvgIpc) is 3.11. The summed E-state index contributed by atoms with van der Waals surface area (Å²) in [4.78, 5) is 17.1. The molecule has 128 valence electrons. The maximum Gasteiger partial charge on any atom is 0.213 e. The van der Waals surface area contributed by atoms with Gasteiger partial charge in [-0.15, -0.1) is 11.3 Å². The summed E-state index contributed by atoms with van der Waals surface area (Å²) in [6, 6.07) is 15.0. The topological polar surface area (TPSA) is 63.0 Å². The third-order valence-corrected chi connectivity index (χ3v) is 4.77. The van der Waals surface area contributed by atoms with Crippen LogP contribution in [0.1, 0.15) is 26.4 Å². The van der Waals surface area contributed by atoms with E-state index in [0.29, 0.717) is 17.2 Å². The van der Waals surface area contributed by atoms with Crippen LogP contribution in [0.2, 0.25) is 0 Å². The number of ether oxygens (including phenoxy) is 1. The Morgan fingerprint density at radius 3 is 2.69 bits per heavy atom. The van der Waals surface area contributed by atoms with Crippen LogP contribution in [-0.2, 0) is 6.61 Å². The van der Waals surface area contributed by atoms with E-state index in [0.717, 1.165) is 16.7 Å². The summed E-state index contributed by atoms with van der Waals surface area (Å²) in [6.07, 6.45) is 5.08. The van der Waals surface area contributed by atoms with E-state index in [1.807, 2.05) is 60.8 Å². The standard InChI is InChI=1S/C21H16N2O2S/c1-15-8-10-26-21(15)20(24)18(12-22)11-16-4-6-19(7-5-16)25-14-17-3-2-9-23-13-17/h2-11,13H,14H2,1H3. The fourth-order valence-corrected chi connectivity index (χ4v) is 3.23. The van der Waals surface area contributed by atoms with Crippen LogP contribution in [0.5, 0.6) is 5.75 Å². The number of carbonyl (C=O) groups is 1. The fraction of sp³-hybridized carbons (Fsp3) is 0.0952. The first kappa shape index (κ1) is 17.6. The molecule has 0 fully saturated rings. The van der Waals surface area contributed by atoms with Crippen LogP contribution in [-0.4, -0.2) is 10.8 Å². The second-order valence-corrected chi connectivity index (χ2v) is 6.57. The van der Waals surface area contributed by atoms with Crippen molar-refractivity contribution in [3.05, 3.63) is 87.4 Å². The molecule has 4 nitrogen and oxygen atoms in total. The lowest BCUT2D eigenvalue weighted by molar-refractivity contribution is 0.104. The molecule has 3 rings (SSSR count). The van der Waals surface area contributed by atoms with Gasteiger partial charge >= 0.3 is 0 Å². The van der Waals surface area contributed by atoms with Crippen molar-refractivity contribution < 1.29 is 9.53 Å². The summed E-state index contributed by atoms with van der Waals surface area (Å²) in [7, 11) is 0. The molecule has 26 heavy (non-hydrogen) atoms. The third kappa shape index (κ3) is 4.24. The summed E-state index contributed by atoms with van der Waals surface area (Å²) in [5, 5.41) is 11.2. The molecule has 0 unspecified atom stereocenters. The van der Waals surface area contributed by atoms with Crippen LogP contribution in [0, 0.1) is 18.3 Å². The van der Waals surface area contributed by atoms with Crippen LogP contribution in [0.3, 0.4) is 0 Å². The molecule has 0 saturated heterocycles. The molecule has 2 aromatic heterocycles. The second kappa shape index (κ2) is 8.24. The van der Waals surface area contributed by atoms with Crippen LogP contribution in [0.25, 0.3) is 6.08 Å². The zero-order chi connectivity index (χ0) is 18.4. The summed E-state index contributed by atoms with van der Waals surface area (Å²) in [6.45, 7) is 2.30. The molecular formula is C21H16N2O2S. The predicted molar refractivity (Wildman–Crippen MR) is 102 cm³/mol. The van der Waals surface area contributed by atoms with Gasteiger partial charge in [0.2, 0.25) is 5.78 Å². The highest BCUT2D eigenvalue weighted by Gasteiger charge is 2.15. The monoisotopic (exact) mass is 360 g/mol. The zero-order valence-corrected chi connectivity index (χ0v) is 15.0. The Hall–Kier alpha value is -3.23. The highest BCUT2D eigenvalue weighted by Crippen LogP contribution is 2.22.